The molecule has 126 valence electrons. The van der Waals surface area contributed by atoms with Crippen molar-refractivity contribution < 1.29 is 25.5 Å². The third-order valence-corrected chi connectivity index (χ3v) is 4.16. The number of aliphatic hydroxyl groups excluding tert-OH is 5. The van der Waals surface area contributed by atoms with Crippen molar-refractivity contribution in [2.24, 2.45) is 0 Å². The van der Waals surface area contributed by atoms with E-state index in [1.54, 1.807) is 0 Å². The van der Waals surface area contributed by atoms with E-state index in [-0.39, 0.29) is 5.01 Å². The van der Waals surface area contributed by atoms with Crippen LogP contribution >= 0.6 is 11.3 Å². The van der Waals surface area contributed by atoms with Crippen LogP contribution in [0.4, 0.5) is 10.8 Å². The molecule has 0 fully saturated rings. The van der Waals surface area contributed by atoms with Crippen LogP contribution in [0.1, 0.15) is 16.7 Å². The molecule has 6 N–H and O–H groups in total. The Morgan fingerprint density at radius 2 is 1.70 bits per heavy atom. The molecule has 1 aromatic carbocycles. The predicted molar refractivity (Wildman–Crippen MR) is 84.4 cm³/mol. The van der Waals surface area contributed by atoms with Crippen LogP contribution in [-0.2, 0) is 0 Å². The first-order valence-corrected chi connectivity index (χ1v) is 7.74. The Morgan fingerprint density at radius 3 is 2.30 bits per heavy atom. The van der Waals surface area contributed by atoms with E-state index in [9.17, 15) is 20.4 Å². The molecule has 23 heavy (non-hydrogen) atoms. The average Bonchev–Trinajstić information content (AvgIpc) is 3.02. The van der Waals surface area contributed by atoms with Crippen molar-refractivity contribution in [2.75, 3.05) is 11.9 Å². The van der Waals surface area contributed by atoms with E-state index >= 15 is 0 Å². The van der Waals surface area contributed by atoms with Crippen LogP contribution in [0.5, 0.6) is 0 Å². The van der Waals surface area contributed by atoms with Gasteiger partial charge in [-0.25, -0.2) is 0 Å². The molecule has 8 nitrogen and oxygen atoms in total. The minimum absolute atomic E-state index is 0.0799. The highest BCUT2D eigenvalue weighted by atomic mass is 32.1. The lowest BCUT2D eigenvalue weighted by Gasteiger charge is -2.24. The fraction of sp³-hybridized carbons (Fsp3) is 0.429. The number of nitrogens with zero attached hydrogens (tertiary/aromatic N) is 2. The Balaban J connectivity index is 2.04. The van der Waals surface area contributed by atoms with E-state index in [0.717, 1.165) is 22.6 Å². The number of aryl methyl sites for hydroxylation is 1. The maximum absolute atomic E-state index is 10.00. The summed E-state index contributed by atoms with van der Waals surface area (Å²) in [7, 11) is 0. The summed E-state index contributed by atoms with van der Waals surface area (Å²) in [5.74, 6) is 0. The number of anilines is 2. The van der Waals surface area contributed by atoms with Crippen molar-refractivity contribution in [3.05, 3.63) is 34.8 Å². The molecule has 1 aromatic heterocycles. The second-order valence-corrected chi connectivity index (χ2v) is 6.12. The number of hydrogen-bond acceptors (Lipinski definition) is 9. The zero-order chi connectivity index (χ0) is 17.0. The van der Waals surface area contributed by atoms with Gasteiger partial charge in [-0.3, -0.25) is 0 Å². The van der Waals surface area contributed by atoms with Crippen molar-refractivity contribution in [1.82, 2.24) is 10.2 Å². The summed E-state index contributed by atoms with van der Waals surface area (Å²) >= 11 is 1.01. The average molecular weight is 341 g/mol. The first-order valence-electron chi connectivity index (χ1n) is 6.92. The van der Waals surface area contributed by atoms with Gasteiger partial charge >= 0.3 is 0 Å². The third kappa shape index (κ3) is 4.44. The summed E-state index contributed by atoms with van der Waals surface area (Å²) in [5.41, 5.74) is 1.91. The van der Waals surface area contributed by atoms with Crippen LogP contribution in [0.25, 0.3) is 0 Å². The van der Waals surface area contributed by atoms with Gasteiger partial charge in [0.25, 0.3) is 0 Å². The quantitative estimate of drug-likeness (QED) is 0.403. The number of rotatable bonds is 7. The lowest BCUT2D eigenvalue weighted by molar-refractivity contribution is -0.116. The summed E-state index contributed by atoms with van der Waals surface area (Å²) < 4.78 is 0. The van der Waals surface area contributed by atoms with Gasteiger partial charge in [0.15, 0.2) is 5.01 Å². The molecule has 0 aliphatic rings. The van der Waals surface area contributed by atoms with Gasteiger partial charge in [0.05, 0.1) is 6.61 Å². The largest absolute Gasteiger partial charge is 0.394 e. The minimum Gasteiger partial charge on any atom is -0.394 e. The van der Waals surface area contributed by atoms with Crippen LogP contribution in [0, 0.1) is 6.92 Å². The summed E-state index contributed by atoms with van der Waals surface area (Å²) in [6, 6.07) is 7.58. The summed E-state index contributed by atoms with van der Waals surface area (Å²) in [6.45, 7) is 1.23. The maximum atomic E-state index is 10.00. The van der Waals surface area contributed by atoms with E-state index in [1.165, 1.54) is 0 Å². The summed E-state index contributed by atoms with van der Waals surface area (Å²) in [4.78, 5) is 0. The molecule has 0 saturated carbocycles. The van der Waals surface area contributed by atoms with Crippen LogP contribution in [0.15, 0.2) is 24.3 Å². The number of aliphatic hydroxyl groups is 5. The minimum atomic E-state index is -1.70. The monoisotopic (exact) mass is 341 g/mol. The Hall–Kier alpha value is -1.62. The maximum Gasteiger partial charge on any atom is 0.210 e. The van der Waals surface area contributed by atoms with Crippen LogP contribution < -0.4 is 5.32 Å². The van der Waals surface area contributed by atoms with Crippen molar-refractivity contribution >= 4 is 22.2 Å². The first-order chi connectivity index (χ1) is 10.9. The molecule has 2 rings (SSSR count). The standard InChI is InChI=1S/C14H19N3O5S/c1-7-2-4-8(5-3-7)15-14-17-16-13(23-14)12(22)11(21)10(20)9(19)6-18/h2-5,9-12,18-22H,6H2,1H3,(H,15,17). The van der Waals surface area contributed by atoms with Crippen molar-refractivity contribution in [2.45, 2.75) is 31.3 Å². The fourth-order valence-electron chi connectivity index (χ4n) is 1.83. The topological polar surface area (TPSA) is 139 Å². The van der Waals surface area contributed by atoms with Crippen LogP contribution in [-0.4, -0.2) is 60.6 Å². The smallest absolute Gasteiger partial charge is 0.210 e. The molecule has 0 aliphatic heterocycles. The van der Waals surface area contributed by atoms with Crippen molar-refractivity contribution in [3.8, 4) is 0 Å². The van der Waals surface area contributed by atoms with Crippen LogP contribution in [0.3, 0.4) is 0 Å². The van der Waals surface area contributed by atoms with Gasteiger partial charge in [0.1, 0.15) is 24.4 Å². The normalized spacial score (nSPS) is 16.6. The molecular formula is C14H19N3O5S. The molecule has 0 radical (unpaired) electrons. The molecule has 2 aromatic rings. The van der Waals surface area contributed by atoms with E-state index in [2.05, 4.69) is 15.5 Å². The van der Waals surface area contributed by atoms with Gasteiger partial charge in [-0.2, -0.15) is 0 Å². The lowest BCUT2D eigenvalue weighted by Crippen LogP contribution is -2.42. The molecule has 0 saturated heterocycles. The molecule has 4 atom stereocenters. The van der Waals surface area contributed by atoms with Crippen molar-refractivity contribution in [3.63, 3.8) is 0 Å². The predicted octanol–water partition coefficient (Wildman–Crippen LogP) is -0.301. The van der Waals surface area contributed by atoms with E-state index in [4.69, 9.17) is 5.11 Å². The summed E-state index contributed by atoms with van der Waals surface area (Å²) in [5, 5.41) is 58.6. The molecule has 0 spiro atoms. The van der Waals surface area contributed by atoms with E-state index in [1.807, 2.05) is 31.2 Å². The number of hydrogen-bond donors (Lipinski definition) is 6. The SMILES string of the molecule is Cc1ccc(Nc2nnc(C(O)C(O)C(O)C(O)CO)s2)cc1. The molecule has 1 heterocycles. The number of aromatic nitrogens is 2. The highest BCUT2D eigenvalue weighted by molar-refractivity contribution is 7.15. The van der Waals surface area contributed by atoms with Gasteiger partial charge in [-0.15, -0.1) is 10.2 Å². The van der Waals surface area contributed by atoms with Gasteiger partial charge in [0.2, 0.25) is 5.13 Å². The van der Waals surface area contributed by atoms with Gasteiger partial charge < -0.3 is 30.8 Å². The second kappa shape index (κ2) is 7.77. The Bertz CT molecular complexity index is 621. The molecule has 4 unspecified atom stereocenters. The Morgan fingerprint density at radius 1 is 1.04 bits per heavy atom. The molecule has 9 heteroatoms. The van der Waals surface area contributed by atoms with Crippen molar-refractivity contribution in [1.29, 1.82) is 0 Å². The van der Waals surface area contributed by atoms with E-state index in [0.29, 0.717) is 5.13 Å². The number of benzene rings is 1. The first kappa shape index (κ1) is 17.7. The highest BCUT2D eigenvalue weighted by Gasteiger charge is 2.32. The van der Waals surface area contributed by atoms with Crippen LogP contribution in [0.2, 0.25) is 0 Å². The van der Waals surface area contributed by atoms with Gasteiger partial charge in [0, 0.05) is 5.69 Å². The molecule has 0 amide bonds. The Kier molecular flexibility index (Phi) is 5.99. The fourth-order valence-corrected chi connectivity index (χ4v) is 2.62. The van der Waals surface area contributed by atoms with E-state index < -0.39 is 31.0 Å². The zero-order valence-electron chi connectivity index (χ0n) is 12.4. The summed E-state index contributed by atoms with van der Waals surface area (Å²) in [6.07, 6.45) is -6.49. The third-order valence-electron chi connectivity index (χ3n) is 3.25. The van der Waals surface area contributed by atoms with Gasteiger partial charge in [-0.1, -0.05) is 29.0 Å². The molecule has 0 bridgehead atoms. The Labute approximate surface area is 136 Å². The molecule has 0 aliphatic carbocycles. The lowest BCUT2D eigenvalue weighted by atomic mass is 10.0. The molecular weight excluding hydrogens is 322 g/mol. The zero-order valence-corrected chi connectivity index (χ0v) is 13.2. The number of nitrogens with one attached hydrogen (secondary N) is 1. The van der Waals surface area contributed by atoms with Gasteiger partial charge in [-0.05, 0) is 19.1 Å². The second-order valence-electron chi connectivity index (χ2n) is 5.11. The highest BCUT2D eigenvalue weighted by Crippen LogP contribution is 2.27.